The number of likely N-dealkylation sites (tertiary alicyclic amines) is 1. The van der Waals surface area contributed by atoms with Gasteiger partial charge in [-0.2, -0.15) is 5.10 Å². The number of aromatic nitrogens is 3. The number of allylic oxidation sites excluding steroid dienone is 2. The van der Waals surface area contributed by atoms with Crippen LogP contribution in [-0.2, 0) is 17.8 Å². The maximum absolute atomic E-state index is 13.1. The third-order valence-corrected chi connectivity index (χ3v) is 7.92. The van der Waals surface area contributed by atoms with Crippen LogP contribution < -0.4 is 5.32 Å². The van der Waals surface area contributed by atoms with Gasteiger partial charge in [0.1, 0.15) is 5.82 Å². The van der Waals surface area contributed by atoms with Crippen LogP contribution in [0.5, 0.6) is 0 Å². The highest BCUT2D eigenvalue weighted by atomic mass is 79.9. The maximum atomic E-state index is 13.1. The molecule has 0 atom stereocenters. The van der Waals surface area contributed by atoms with Crippen LogP contribution in [-0.4, -0.2) is 38.7 Å². The molecule has 0 radical (unpaired) electrons. The number of nitrogens with zero attached hydrogens (tertiary/aromatic N) is 4. The minimum atomic E-state index is 0.197. The molecule has 0 unspecified atom stereocenters. The number of halogens is 1. The molecule has 2 aromatic heterocycles. The predicted molar refractivity (Wildman–Crippen MR) is 154 cm³/mol. The first kappa shape index (κ1) is 24.4. The van der Waals surface area contributed by atoms with Crippen LogP contribution in [0.15, 0.2) is 95.0 Å². The summed E-state index contributed by atoms with van der Waals surface area (Å²) >= 11 is 3.62. The molecule has 1 N–H and O–H groups in total. The van der Waals surface area contributed by atoms with Crippen molar-refractivity contribution in [3.8, 4) is 0 Å². The molecule has 1 saturated heterocycles. The Bertz CT molecular complexity index is 1570. The topological polar surface area (TPSA) is 63.1 Å². The van der Waals surface area contributed by atoms with E-state index in [4.69, 9.17) is 0 Å². The highest BCUT2D eigenvalue weighted by Crippen LogP contribution is 2.30. The Morgan fingerprint density at radius 1 is 1.03 bits per heavy atom. The molecule has 6 rings (SSSR count). The molecule has 2 aromatic carbocycles. The fraction of sp³-hybridized carbons (Fsp3) is 0.226. The fourth-order valence-electron chi connectivity index (χ4n) is 5.19. The first-order valence-electron chi connectivity index (χ1n) is 12.9. The molecule has 2 aliphatic rings. The fourth-order valence-corrected chi connectivity index (χ4v) is 5.57. The van der Waals surface area contributed by atoms with E-state index in [2.05, 4.69) is 79.5 Å². The van der Waals surface area contributed by atoms with Crippen molar-refractivity contribution in [2.24, 2.45) is 5.92 Å². The lowest BCUT2D eigenvalue weighted by molar-refractivity contribution is -0.131. The minimum Gasteiger partial charge on any atom is -0.366 e. The lowest BCUT2D eigenvalue weighted by Gasteiger charge is -2.32. The van der Waals surface area contributed by atoms with E-state index in [1.165, 1.54) is 10.8 Å². The molecule has 7 heteroatoms. The highest BCUT2D eigenvalue weighted by Gasteiger charge is 2.26. The lowest BCUT2D eigenvalue weighted by atomic mass is 9.89. The van der Waals surface area contributed by atoms with E-state index in [1.54, 1.807) is 12.4 Å². The van der Waals surface area contributed by atoms with Crippen molar-refractivity contribution in [2.45, 2.75) is 25.8 Å². The molecule has 0 saturated carbocycles. The number of amides is 1. The van der Waals surface area contributed by atoms with Crippen molar-refractivity contribution in [3.05, 3.63) is 112 Å². The highest BCUT2D eigenvalue weighted by molar-refractivity contribution is 9.10. The van der Waals surface area contributed by atoms with Crippen LogP contribution in [0.25, 0.3) is 22.7 Å². The first-order valence-corrected chi connectivity index (χ1v) is 13.7. The SMILES string of the molecule is O=C(Cc1ccc2ccccc2c1)N1CCC(C2=C=Cc3c(Br)cnn3C(NCc3cccnc3)=C2)CC1. The zero-order valence-corrected chi connectivity index (χ0v) is 22.6. The van der Waals surface area contributed by atoms with Crippen molar-refractivity contribution in [2.75, 3.05) is 13.1 Å². The molecule has 4 heterocycles. The zero-order valence-electron chi connectivity index (χ0n) is 21.0. The second-order valence-electron chi connectivity index (χ2n) is 9.79. The monoisotopic (exact) mass is 565 g/mol. The summed E-state index contributed by atoms with van der Waals surface area (Å²) in [6, 6.07) is 18.6. The third kappa shape index (κ3) is 5.21. The van der Waals surface area contributed by atoms with Crippen molar-refractivity contribution < 1.29 is 4.79 Å². The van der Waals surface area contributed by atoms with Gasteiger partial charge in [0, 0.05) is 43.7 Å². The smallest absolute Gasteiger partial charge is 0.226 e. The third-order valence-electron chi connectivity index (χ3n) is 7.31. The van der Waals surface area contributed by atoms with Gasteiger partial charge in [0.25, 0.3) is 0 Å². The molecule has 6 nitrogen and oxygen atoms in total. The number of piperidine rings is 1. The summed E-state index contributed by atoms with van der Waals surface area (Å²) in [5, 5.41) is 10.5. The zero-order chi connectivity index (χ0) is 25.9. The van der Waals surface area contributed by atoms with Crippen LogP contribution in [0.4, 0.5) is 0 Å². The number of pyridine rings is 1. The number of fused-ring (bicyclic) bond motifs is 2. The van der Waals surface area contributed by atoms with Gasteiger partial charge in [0.2, 0.25) is 5.91 Å². The van der Waals surface area contributed by atoms with Gasteiger partial charge < -0.3 is 10.2 Å². The average molecular weight is 567 g/mol. The van der Waals surface area contributed by atoms with E-state index < -0.39 is 0 Å². The average Bonchev–Trinajstić information content (AvgIpc) is 3.22. The van der Waals surface area contributed by atoms with E-state index in [0.29, 0.717) is 18.9 Å². The molecule has 0 aliphatic carbocycles. The number of hydrogen-bond donors (Lipinski definition) is 1. The van der Waals surface area contributed by atoms with E-state index in [9.17, 15) is 4.79 Å². The molecule has 0 bridgehead atoms. The Morgan fingerprint density at radius 3 is 2.68 bits per heavy atom. The van der Waals surface area contributed by atoms with Crippen LogP contribution >= 0.6 is 15.9 Å². The van der Waals surface area contributed by atoms with Crippen LogP contribution in [0.1, 0.15) is 29.7 Å². The molecule has 1 amide bonds. The van der Waals surface area contributed by atoms with Crippen molar-refractivity contribution in [1.82, 2.24) is 25.0 Å². The van der Waals surface area contributed by atoms with E-state index >= 15 is 0 Å². The van der Waals surface area contributed by atoms with E-state index in [-0.39, 0.29) is 5.91 Å². The standard InChI is InChI=1S/C31H28BrN5O/c32-28-21-35-37-29(28)10-9-27(18-30(37)34-20-23-4-3-13-33-19-23)25-11-14-36(15-12-25)31(38)17-22-7-8-24-5-1-2-6-26(24)16-22/h1-8,10,13,16,18-19,21,25,34H,11-12,14-15,17,20H2. The number of benzene rings is 2. The summed E-state index contributed by atoms with van der Waals surface area (Å²) in [6.45, 7) is 2.15. The van der Waals surface area contributed by atoms with Gasteiger partial charge in [-0.05, 0) is 68.7 Å². The largest absolute Gasteiger partial charge is 0.366 e. The Balaban J connectivity index is 1.14. The Morgan fingerprint density at radius 2 is 1.87 bits per heavy atom. The van der Waals surface area contributed by atoms with E-state index in [0.717, 1.165) is 58.6 Å². The van der Waals surface area contributed by atoms with Crippen molar-refractivity contribution >= 4 is 44.5 Å². The predicted octanol–water partition coefficient (Wildman–Crippen LogP) is 5.82. The summed E-state index contributed by atoms with van der Waals surface area (Å²) in [4.78, 5) is 19.4. The number of carbonyl (C=O) groups is 1. The molecule has 4 aromatic rings. The van der Waals surface area contributed by atoms with Gasteiger partial charge in [0.05, 0.1) is 22.8 Å². The molecule has 0 spiro atoms. The van der Waals surface area contributed by atoms with Gasteiger partial charge in [0.15, 0.2) is 0 Å². The number of rotatable bonds is 6. The number of nitrogens with one attached hydrogen (secondary N) is 1. The molecule has 190 valence electrons. The van der Waals surface area contributed by atoms with Gasteiger partial charge >= 0.3 is 0 Å². The van der Waals surface area contributed by atoms with Crippen LogP contribution in [0.2, 0.25) is 0 Å². The Labute approximate surface area is 230 Å². The first-order chi connectivity index (χ1) is 18.6. The Hall–Kier alpha value is -3.93. The minimum absolute atomic E-state index is 0.197. The summed E-state index contributed by atoms with van der Waals surface area (Å²) < 4.78 is 2.83. The quantitative estimate of drug-likeness (QED) is 0.299. The molecule has 2 aliphatic heterocycles. The van der Waals surface area contributed by atoms with Crippen molar-refractivity contribution in [3.63, 3.8) is 0 Å². The number of hydrogen-bond acceptors (Lipinski definition) is 4. The lowest BCUT2D eigenvalue weighted by Crippen LogP contribution is -2.39. The van der Waals surface area contributed by atoms with Crippen molar-refractivity contribution in [1.29, 1.82) is 0 Å². The normalized spacial score (nSPS) is 15.6. The molecular formula is C31H28BrN5O. The molecule has 38 heavy (non-hydrogen) atoms. The van der Waals surface area contributed by atoms with Crippen LogP contribution in [0, 0.1) is 5.92 Å². The maximum Gasteiger partial charge on any atom is 0.226 e. The summed E-state index contributed by atoms with van der Waals surface area (Å²) in [5.74, 6) is 1.43. The Kier molecular flexibility index (Phi) is 6.95. The number of carbonyl (C=O) groups excluding carboxylic acids is 1. The van der Waals surface area contributed by atoms with E-state index in [1.807, 2.05) is 40.1 Å². The second kappa shape index (κ2) is 10.8. The molecule has 1 fully saturated rings. The molecular weight excluding hydrogens is 538 g/mol. The summed E-state index contributed by atoms with van der Waals surface area (Å²) in [5.41, 5.74) is 7.79. The van der Waals surface area contributed by atoms with Gasteiger partial charge in [-0.15, -0.1) is 5.73 Å². The van der Waals surface area contributed by atoms with Gasteiger partial charge in [-0.25, -0.2) is 4.68 Å². The van der Waals surface area contributed by atoms with Gasteiger partial charge in [-0.3, -0.25) is 9.78 Å². The summed E-state index contributed by atoms with van der Waals surface area (Å²) in [6.07, 6.45) is 11.9. The summed E-state index contributed by atoms with van der Waals surface area (Å²) in [7, 11) is 0. The van der Waals surface area contributed by atoms with Gasteiger partial charge in [-0.1, -0.05) is 48.5 Å². The van der Waals surface area contributed by atoms with Crippen LogP contribution in [0.3, 0.4) is 0 Å². The second-order valence-corrected chi connectivity index (χ2v) is 10.6.